The molecule has 1 aromatic heterocycles. The summed E-state index contributed by atoms with van der Waals surface area (Å²) in [6.07, 6.45) is 0. The summed E-state index contributed by atoms with van der Waals surface area (Å²) in [5, 5.41) is 1.04. The molecule has 0 spiro atoms. The number of fused-ring (bicyclic) bond motifs is 1. The quantitative estimate of drug-likeness (QED) is 0.715. The summed E-state index contributed by atoms with van der Waals surface area (Å²) in [5.41, 5.74) is 4.01. The first-order valence-corrected chi connectivity index (χ1v) is 6.83. The van der Waals surface area contributed by atoms with Crippen LogP contribution >= 0.6 is 15.9 Å². The zero-order chi connectivity index (χ0) is 13.4. The fourth-order valence-corrected chi connectivity index (χ4v) is 2.68. The van der Waals surface area contributed by atoms with E-state index in [-0.39, 0.29) is 5.56 Å². The minimum absolute atomic E-state index is 0.0759. The molecular formula is C16H12BrNO. The van der Waals surface area contributed by atoms with Crippen molar-refractivity contribution in [3.63, 3.8) is 0 Å². The SMILES string of the molecule is Cc1ccccc1-c1cc(=O)[nH]c2ccc(Br)cc12. The van der Waals surface area contributed by atoms with Crippen molar-refractivity contribution in [2.45, 2.75) is 6.92 Å². The standard InChI is InChI=1S/C16H12BrNO/c1-10-4-2-3-5-12(10)13-9-16(19)18-15-7-6-11(17)8-14(13)15/h2-9H,1H3,(H,18,19). The number of hydrogen-bond acceptors (Lipinski definition) is 1. The summed E-state index contributed by atoms with van der Waals surface area (Å²) in [5.74, 6) is 0. The van der Waals surface area contributed by atoms with Gasteiger partial charge >= 0.3 is 0 Å². The van der Waals surface area contributed by atoms with E-state index < -0.39 is 0 Å². The lowest BCUT2D eigenvalue weighted by atomic mass is 9.97. The third kappa shape index (κ3) is 2.22. The molecule has 0 amide bonds. The van der Waals surface area contributed by atoms with E-state index >= 15 is 0 Å². The number of aryl methyl sites for hydroxylation is 1. The second-order valence-corrected chi connectivity index (χ2v) is 5.47. The van der Waals surface area contributed by atoms with Crippen LogP contribution in [0.1, 0.15) is 5.56 Å². The van der Waals surface area contributed by atoms with E-state index in [2.05, 4.69) is 33.9 Å². The highest BCUT2D eigenvalue weighted by Crippen LogP contribution is 2.30. The van der Waals surface area contributed by atoms with E-state index in [0.717, 1.165) is 32.1 Å². The molecule has 2 nitrogen and oxygen atoms in total. The Morgan fingerprint density at radius 3 is 2.58 bits per heavy atom. The summed E-state index contributed by atoms with van der Waals surface area (Å²) in [6.45, 7) is 2.06. The maximum Gasteiger partial charge on any atom is 0.249 e. The highest BCUT2D eigenvalue weighted by molar-refractivity contribution is 9.10. The van der Waals surface area contributed by atoms with Gasteiger partial charge in [0.2, 0.25) is 5.56 Å². The molecule has 0 fully saturated rings. The molecule has 0 atom stereocenters. The predicted octanol–water partition coefficient (Wildman–Crippen LogP) is 4.27. The van der Waals surface area contributed by atoms with Crippen LogP contribution in [0.3, 0.4) is 0 Å². The lowest BCUT2D eigenvalue weighted by Crippen LogP contribution is -2.05. The van der Waals surface area contributed by atoms with Crippen molar-refractivity contribution in [3.05, 3.63) is 68.9 Å². The molecule has 19 heavy (non-hydrogen) atoms. The lowest BCUT2D eigenvalue weighted by molar-refractivity contribution is 1.30. The van der Waals surface area contributed by atoms with Crippen LogP contribution in [0.15, 0.2) is 57.8 Å². The van der Waals surface area contributed by atoms with Crippen molar-refractivity contribution >= 4 is 26.8 Å². The summed E-state index contributed by atoms with van der Waals surface area (Å²) in [4.78, 5) is 14.7. The van der Waals surface area contributed by atoms with E-state index in [0.29, 0.717) is 0 Å². The van der Waals surface area contributed by atoms with E-state index in [1.807, 2.05) is 36.4 Å². The molecule has 1 N–H and O–H groups in total. The van der Waals surface area contributed by atoms with E-state index in [9.17, 15) is 4.79 Å². The topological polar surface area (TPSA) is 32.9 Å². The van der Waals surface area contributed by atoms with Gasteiger partial charge in [0.15, 0.2) is 0 Å². The summed E-state index contributed by atoms with van der Waals surface area (Å²) in [7, 11) is 0. The molecular weight excluding hydrogens is 302 g/mol. The number of H-pyrrole nitrogens is 1. The van der Waals surface area contributed by atoms with Crippen LogP contribution in [0, 0.1) is 6.92 Å². The van der Waals surface area contributed by atoms with Crippen LogP contribution in [0.5, 0.6) is 0 Å². The summed E-state index contributed by atoms with van der Waals surface area (Å²) >= 11 is 3.48. The van der Waals surface area contributed by atoms with Gasteiger partial charge < -0.3 is 4.98 Å². The van der Waals surface area contributed by atoms with Gasteiger partial charge in [0.1, 0.15) is 0 Å². The van der Waals surface area contributed by atoms with Gasteiger partial charge in [0.05, 0.1) is 0 Å². The number of aromatic nitrogens is 1. The first-order chi connectivity index (χ1) is 9.15. The molecule has 3 heteroatoms. The second-order valence-electron chi connectivity index (χ2n) is 4.55. The molecule has 0 aliphatic rings. The van der Waals surface area contributed by atoms with E-state index in [4.69, 9.17) is 0 Å². The van der Waals surface area contributed by atoms with Crippen molar-refractivity contribution in [1.29, 1.82) is 0 Å². The van der Waals surface area contributed by atoms with E-state index in [1.165, 1.54) is 0 Å². The molecule has 94 valence electrons. The molecule has 0 unspecified atom stereocenters. The van der Waals surface area contributed by atoms with Gasteiger partial charge in [-0.15, -0.1) is 0 Å². The monoisotopic (exact) mass is 313 g/mol. The molecule has 0 saturated carbocycles. The number of hydrogen-bond donors (Lipinski definition) is 1. The Kier molecular flexibility index (Phi) is 2.99. The van der Waals surface area contributed by atoms with E-state index in [1.54, 1.807) is 6.07 Å². The number of halogens is 1. The Morgan fingerprint density at radius 1 is 1.00 bits per heavy atom. The summed E-state index contributed by atoms with van der Waals surface area (Å²) < 4.78 is 1.00. The molecule has 3 aromatic rings. The fraction of sp³-hybridized carbons (Fsp3) is 0.0625. The molecule has 2 aromatic carbocycles. The normalized spacial score (nSPS) is 10.8. The first kappa shape index (κ1) is 12.2. The van der Waals surface area contributed by atoms with Crippen LogP contribution in [0.4, 0.5) is 0 Å². The van der Waals surface area contributed by atoms with Gasteiger partial charge in [0.25, 0.3) is 0 Å². The third-order valence-corrected chi connectivity index (χ3v) is 3.73. The molecule has 0 bridgehead atoms. The van der Waals surface area contributed by atoms with Crippen molar-refractivity contribution in [2.24, 2.45) is 0 Å². The second kappa shape index (κ2) is 4.67. The summed E-state index contributed by atoms with van der Waals surface area (Å²) in [6, 6.07) is 15.6. The Balaban J connectivity index is 2.43. The Bertz CT molecular complexity index is 820. The largest absolute Gasteiger partial charge is 0.322 e. The zero-order valence-electron chi connectivity index (χ0n) is 10.4. The molecule has 1 heterocycles. The van der Waals surface area contributed by atoms with Crippen LogP contribution in [0.2, 0.25) is 0 Å². The zero-order valence-corrected chi connectivity index (χ0v) is 12.0. The molecule has 0 radical (unpaired) electrons. The minimum atomic E-state index is -0.0759. The van der Waals surface area contributed by atoms with Gasteiger partial charge in [-0.3, -0.25) is 4.79 Å². The van der Waals surface area contributed by atoms with Crippen molar-refractivity contribution in [1.82, 2.24) is 4.98 Å². The van der Waals surface area contributed by atoms with Crippen molar-refractivity contribution in [3.8, 4) is 11.1 Å². The Hall–Kier alpha value is -1.87. The minimum Gasteiger partial charge on any atom is -0.322 e. The first-order valence-electron chi connectivity index (χ1n) is 6.04. The van der Waals surface area contributed by atoms with Gasteiger partial charge in [-0.2, -0.15) is 0 Å². The lowest BCUT2D eigenvalue weighted by Gasteiger charge is -2.09. The number of pyridine rings is 1. The van der Waals surface area contributed by atoms with Gasteiger partial charge in [-0.1, -0.05) is 40.2 Å². The van der Waals surface area contributed by atoms with Gasteiger partial charge in [0, 0.05) is 21.4 Å². The molecule has 0 saturated heterocycles. The van der Waals surface area contributed by atoms with Crippen LogP contribution in [-0.2, 0) is 0 Å². The highest BCUT2D eigenvalue weighted by Gasteiger charge is 2.08. The van der Waals surface area contributed by atoms with Gasteiger partial charge in [-0.25, -0.2) is 0 Å². The average Bonchev–Trinajstić information content (AvgIpc) is 2.39. The van der Waals surface area contributed by atoms with Crippen LogP contribution in [0.25, 0.3) is 22.0 Å². The molecule has 0 aliphatic carbocycles. The third-order valence-electron chi connectivity index (χ3n) is 3.24. The molecule has 3 rings (SSSR count). The van der Waals surface area contributed by atoms with Crippen molar-refractivity contribution < 1.29 is 0 Å². The van der Waals surface area contributed by atoms with Crippen LogP contribution in [-0.4, -0.2) is 4.98 Å². The Labute approximate surface area is 119 Å². The van der Waals surface area contributed by atoms with Gasteiger partial charge in [-0.05, 0) is 41.8 Å². The maximum atomic E-state index is 11.8. The number of nitrogens with one attached hydrogen (secondary N) is 1. The Morgan fingerprint density at radius 2 is 1.79 bits per heavy atom. The predicted molar refractivity (Wildman–Crippen MR) is 82.4 cm³/mol. The number of rotatable bonds is 1. The van der Waals surface area contributed by atoms with Crippen molar-refractivity contribution in [2.75, 3.05) is 0 Å². The molecule has 0 aliphatic heterocycles. The number of aromatic amines is 1. The highest BCUT2D eigenvalue weighted by atomic mass is 79.9. The smallest absolute Gasteiger partial charge is 0.249 e. The fourth-order valence-electron chi connectivity index (χ4n) is 2.32. The maximum absolute atomic E-state index is 11.8. The average molecular weight is 314 g/mol. The van der Waals surface area contributed by atoms with Crippen LogP contribution < -0.4 is 5.56 Å². The number of benzene rings is 2.